The Labute approximate surface area is 243 Å². The van der Waals surface area contributed by atoms with Crippen LogP contribution in [0.2, 0.25) is 5.02 Å². The molecule has 42 heavy (non-hydrogen) atoms. The van der Waals surface area contributed by atoms with Gasteiger partial charge < -0.3 is 21.1 Å². The maximum absolute atomic E-state index is 13.3. The second kappa shape index (κ2) is 12.6. The van der Waals surface area contributed by atoms with Gasteiger partial charge in [0.2, 0.25) is 10.0 Å². The number of halogens is 4. The summed E-state index contributed by atoms with van der Waals surface area (Å²) in [4.78, 5) is 24.1. The molecule has 0 bridgehead atoms. The van der Waals surface area contributed by atoms with E-state index in [1.54, 1.807) is 37.3 Å². The third-order valence-electron chi connectivity index (χ3n) is 5.53. The molecule has 11 nitrogen and oxygen atoms in total. The largest absolute Gasteiger partial charge is 0.424 e. The Morgan fingerprint density at radius 2 is 1.69 bits per heavy atom. The maximum atomic E-state index is 13.3. The smallest absolute Gasteiger partial charge is 0.416 e. The van der Waals surface area contributed by atoms with Crippen LogP contribution in [0.15, 0.2) is 72.0 Å². The molecular weight excluding hydrogens is 599 g/mol. The Bertz CT molecular complexity index is 1690. The van der Waals surface area contributed by atoms with Crippen LogP contribution in [0.1, 0.15) is 18.9 Å². The fourth-order valence-electron chi connectivity index (χ4n) is 3.56. The number of pyridine rings is 1. The summed E-state index contributed by atoms with van der Waals surface area (Å²) in [5, 5.41) is 4.93. The number of nitrogen functional groups attached to an aromatic ring is 1. The van der Waals surface area contributed by atoms with Crippen LogP contribution in [0.4, 0.5) is 35.2 Å². The minimum absolute atomic E-state index is 0.0545. The highest BCUT2D eigenvalue weighted by Gasteiger charge is 2.32. The number of nitrogens with one attached hydrogen (secondary N) is 3. The molecule has 2 amide bonds. The van der Waals surface area contributed by atoms with Crippen molar-refractivity contribution in [3.05, 3.63) is 77.7 Å². The lowest BCUT2D eigenvalue weighted by atomic mass is 10.1. The van der Waals surface area contributed by atoms with E-state index in [0.717, 1.165) is 11.6 Å². The molecule has 0 spiro atoms. The van der Waals surface area contributed by atoms with Gasteiger partial charge in [0.15, 0.2) is 0 Å². The first-order valence-electron chi connectivity index (χ1n) is 12.2. The maximum Gasteiger partial charge on any atom is 0.416 e. The monoisotopic (exact) mass is 621 g/mol. The summed E-state index contributed by atoms with van der Waals surface area (Å²) in [5.41, 5.74) is 5.66. The van der Waals surface area contributed by atoms with Crippen LogP contribution in [0.5, 0.6) is 11.8 Å². The zero-order chi connectivity index (χ0) is 30.5. The number of sulfonamides is 1. The van der Waals surface area contributed by atoms with Crippen LogP contribution in [0.3, 0.4) is 0 Å². The molecule has 0 aliphatic heterocycles. The minimum Gasteiger partial charge on any atom is -0.424 e. The zero-order valence-corrected chi connectivity index (χ0v) is 23.3. The van der Waals surface area contributed by atoms with Gasteiger partial charge in [-0.1, -0.05) is 30.7 Å². The Morgan fingerprint density at radius 3 is 2.33 bits per heavy atom. The van der Waals surface area contributed by atoms with Gasteiger partial charge in [-0.15, -0.1) is 0 Å². The topological polar surface area (TPSA) is 161 Å². The van der Waals surface area contributed by atoms with Crippen LogP contribution in [0, 0.1) is 0 Å². The van der Waals surface area contributed by atoms with Crippen LogP contribution in [-0.4, -0.2) is 35.9 Å². The number of hydrogen-bond donors (Lipinski definition) is 4. The van der Waals surface area contributed by atoms with Crippen molar-refractivity contribution in [2.24, 2.45) is 0 Å². The number of benzene rings is 2. The lowest BCUT2D eigenvalue weighted by Gasteiger charge is -2.15. The number of amides is 2. The number of ether oxygens (including phenoxy) is 1. The molecule has 0 aliphatic rings. The molecule has 0 saturated carbocycles. The van der Waals surface area contributed by atoms with Crippen LogP contribution in [0.25, 0.3) is 11.1 Å². The molecule has 2 heterocycles. The van der Waals surface area contributed by atoms with E-state index < -0.39 is 38.4 Å². The summed E-state index contributed by atoms with van der Waals surface area (Å²) in [6.07, 6.45) is -0.487. The molecule has 2 aromatic carbocycles. The third kappa shape index (κ3) is 7.63. The van der Waals surface area contributed by atoms with Crippen LogP contribution < -0.4 is 25.8 Å². The quantitative estimate of drug-likeness (QED) is 0.179. The summed E-state index contributed by atoms with van der Waals surface area (Å²) in [6.45, 7) is 1.77. The molecule has 0 fully saturated rings. The van der Waals surface area contributed by atoms with Crippen molar-refractivity contribution in [1.82, 2.24) is 19.7 Å². The number of carbonyl (C=O) groups is 1. The van der Waals surface area contributed by atoms with E-state index in [-0.39, 0.29) is 18.2 Å². The molecule has 0 saturated heterocycles. The zero-order valence-electron chi connectivity index (χ0n) is 21.7. The van der Waals surface area contributed by atoms with Crippen molar-refractivity contribution < 1.29 is 31.1 Å². The fraction of sp³-hybridized carbons (Fsp3) is 0.154. The van der Waals surface area contributed by atoms with Gasteiger partial charge in [-0.25, -0.2) is 32.9 Å². The summed E-state index contributed by atoms with van der Waals surface area (Å²) in [7, 11) is -4.21. The average Bonchev–Trinajstić information content (AvgIpc) is 2.94. The Hall–Kier alpha value is -4.47. The van der Waals surface area contributed by atoms with Crippen molar-refractivity contribution in [2.75, 3.05) is 22.9 Å². The van der Waals surface area contributed by atoms with Crippen molar-refractivity contribution in [1.29, 1.82) is 0 Å². The molecule has 0 radical (unpaired) electrons. The van der Waals surface area contributed by atoms with Crippen molar-refractivity contribution in [3.8, 4) is 22.9 Å². The van der Waals surface area contributed by atoms with Crippen molar-refractivity contribution >= 4 is 44.8 Å². The molecule has 5 N–H and O–H groups in total. The van der Waals surface area contributed by atoms with Gasteiger partial charge in [0.05, 0.1) is 34.4 Å². The van der Waals surface area contributed by atoms with Gasteiger partial charge in [-0.3, -0.25) is 0 Å². The summed E-state index contributed by atoms with van der Waals surface area (Å²) in [6, 6.07) is 9.29. The minimum atomic E-state index is -4.77. The SMILES string of the molecule is CCCNS(=O)(=O)c1ccc(C(F)(F)F)cc1NC(=O)Nc1cnc(Oc2ccc(-c3cc(Cl)cnc3N)cc2)nc1. The van der Waals surface area contributed by atoms with Gasteiger partial charge in [-0.2, -0.15) is 13.2 Å². The van der Waals surface area contributed by atoms with E-state index >= 15 is 0 Å². The second-order valence-electron chi connectivity index (χ2n) is 8.65. The summed E-state index contributed by atoms with van der Waals surface area (Å²) in [5.74, 6) is 0.698. The Kier molecular flexibility index (Phi) is 9.14. The fourth-order valence-corrected chi connectivity index (χ4v) is 4.99. The van der Waals surface area contributed by atoms with E-state index in [9.17, 15) is 26.4 Å². The summed E-state index contributed by atoms with van der Waals surface area (Å²) >= 11 is 6.00. The molecule has 16 heteroatoms. The van der Waals surface area contributed by atoms with E-state index in [1.807, 2.05) is 0 Å². The number of nitrogens with two attached hydrogens (primary N) is 1. The molecule has 220 valence electrons. The highest BCUT2D eigenvalue weighted by Crippen LogP contribution is 2.34. The predicted molar refractivity (Wildman–Crippen MR) is 151 cm³/mol. The molecule has 0 aliphatic carbocycles. The highest BCUT2D eigenvalue weighted by atomic mass is 35.5. The van der Waals surface area contributed by atoms with E-state index in [0.29, 0.717) is 40.7 Å². The Morgan fingerprint density at radius 1 is 1.00 bits per heavy atom. The predicted octanol–water partition coefficient (Wildman–Crippen LogP) is 5.92. The van der Waals surface area contributed by atoms with E-state index in [2.05, 4.69) is 30.3 Å². The highest BCUT2D eigenvalue weighted by molar-refractivity contribution is 7.89. The first-order chi connectivity index (χ1) is 19.9. The number of alkyl halides is 3. The standard InChI is InChI=1S/C26H23ClF3N7O4S/c1-2-9-35-42(39,40)22-8-5-16(26(28,29)30)10-21(22)37-24(38)36-18-13-33-25(34-14-18)41-19-6-3-15(4-7-19)20-11-17(27)12-32-23(20)31/h3-8,10-14,35H,2,9H2,1H3,(H2,31,32)(H2,36,37,38). The van der Waals surface area contributed by atoms with Gasteiger partial charge in [0.1, 0.15) is 16.5 Å². The molecule has 2 aromatic heterocycles. The molecule has 4 aromatic rings. The summed E-state index contributed by atoms with van der Waals surface area (Å²) < 4.78 is 72.9. The van der Waals surface area contributed by atoms with Crippen molar-refractivity contribution in [2.45, 2.75) is 24.4 Å². The molecule has 0 atom stereocenters. The number of urea groups is 1. The number of aromatic nitrogens is 3. The van der Waals surface area contributed by atoms with Crippen LogP contribution >= 0.6 is 11.6 Å². The third-order valence-corrected chi connectivity index (χ3v) is 7.26. The number of anilines is 3. The lowest BCUT2D eigenvalue weighted by Crippen LogP contribution is -2.27. The second-order valence-corrected chi connectivity index (χ2v) is 10.8. The first kappa shape index (κ1) is 30.5. The van der Waals surface area contributed by atoms with Crippen molar-refractivity contribution in [3.63, 3.8) is 0 Å². The van der Waals surface area contributed by atoms with Crippen LogP contribution in [-0.2, 0) is 16.2 Å². The van der Waals surface area contributed by atoms with E-state index in [4.69, 9.17) is 22.1 Å². The van der Waals surface area contributed by atoms with E-state index in [1.165, 1.54) is 18.6 Å². The number of nitrogens with zero attached hydrogens (tertiary/aromatic N) is 3. The number of carbonyl (C=O) groups excluding carboxylic acids is 1. The Balaban J connectivity index is 1.44. The molecule has 4 rings (SSSR count). The van der Waals surface area contributed by atoms with Gasteiger partial charge in [-0.05, 0) is 48.4 Å². The molecule has 0 unspecified atom stereocenters. The molecular formula is C26H23ClF3N7O4S. The lowest BCUT2D eigenvalue weighted by molar-refractivity contribution is -0.137. The number of rotatable bonds is 9. The van der Waals surface area contributed by atoms with Gasteiger partial charge >= 0.3 is 18.2 Å². The average molecular weight is 622 g/mol. The number of hydrogen-bond acceptors (Lipinski definition) is 8. The first-order valence-corrected chi connectivity index (χ1v) is 14.0. The normalized spacial score (nSPS) is 11.6. The van der Waals surface area contributed by atoms with Gasteiger partial charge in [0, 0.05) is 18.3 Å². The van der Waals surface area contributed by atoms with Gasteiger partial charge in [0.25, 0.3) is 0 Å².